The van der Waals surface area contributed by atoms with E-state index in [1.807, 2.05) is 0 Å². The van der Waals surface area contributed by atoms with E-state index in [0.29, 0.717) is 6.42 Å². The molecule has 0 spiro atoms. The first kappa shape index (κ1) is 20.7. The van der Waals surface area contributed by atoms with Crippen LogP contribution in [0.2, 0.25) is 0 Å². The SMILES string of the molecule is CC(=O)O[C@@H](OC(=O)N1C[C@@H](Cc2cccc(F)c2)C[C@H]1C(=O)O)C(C)C. The standard InChI is InChI=1S/C19H24FNO6/c1-11(2)18(26-12(3)22)27-19(25)21-10-14(9-16(21)17(23)24)7-13-5-4-6-15(20)8-13/h4-6,8,11,14,16,18H,7,9-10H2,1-3H3,(H,23,24)/t14-,16-,18-/m0/s1. The lowest BCUT2D eigenvalue weighted by Crippen LogP contribution is -2.43. The molecule has 8 heteroatoms. The number of ether oxygens (including phenoxy) is 2. The molecule has 0 unspecified atom stereocenters. The van der Waals surface area contributed by atoms with Crippen LogP contribution in [0.4, 0.5) is 9.18 Å². The van der Waals surface area contributed by atoms with Crippen LogP contribution in [0.5, 0.6) is 0 Å². The van der Waals surface area contributed by atoms with Crippen molar-refractivity contribution in [2.75, 3.05) is 6.54 Å². The summed E-state index contributed by atoms with van der Waals surface area (Å²) >= 11 is 0. The second kappa shape index (κ2) is 8.83. The Morgan fingerprint density at radius 3 is 2.56 bits per heavy atom. The number of halogens is 1. The third kappa shape index (κ3) is 5.67. The summed E-state index contributed by atoms with van der Waals surface area (Å²) in [6.07, 6.45) is -1.25. The summed E-state index contributed by atoms with van der Waals surface area (Å²) in [5.41, 5.74) is 0.735. The van der Waals surface area contributed by atoms with Crippen LogP contribution >= 0.6 is 0 Å². The molecule has 0 bridgehead atoms. The Labute approximate surface area is 157 Å². The zero-order valence-corrected chi connectivity index (χ0v) is 15.6. The quantitative estimate of drug-likeness (QED) is 0.602. The monoisotopic (exact) mass is 381 g/mol. The first-order valence-electron chi connectivity index (χ1n) is 8.79. The van der Waals surface area contributed by atoms with E-state index >= 15 is 0 Å². The van der Waals surface area contributed by atoms with Crippen LogP contribution in [0.15, 0.2) is 24.3 Å². The molecule has 7 nitrogen and oxygen atoms in total. The van der Waals surface area contributed by atoms with Gasteiger partial charge in [0.25, 0.3) is 6.29 Å². The van der Waals surface area contributed by atoms with E-state index in [1.165, 1.54) is 19.1 Å². The Kier molecular flexibility index (Phi) is 6.76. The highest BCUT2D eigenvalue weighted by Crippen LogP contribution is 2.28. The smallest absolute Gasteiger partial charge is 0.413 e. The minimum atomic E-state index is -1.14. The third-order valence-corrected chi connectivity index (χ3v) is 4.36. The number of benzene rings is 1. The number of carbonyl (C=O) groups is 3. The number of aliphatic carboxylic acids is 1. The summed E-state index contributed by atoms with van der Waals surface area (Å²) in [4.78, 5) is 36.4. The minimum absolute atomic E-state index is 0.147. The fraction of sp³-hybridized carbons (Fsp3) is 0.526. The lowest BCUT2D eigenvalue weighted by atomic mass is 9.97. The van der Waals surface area contributed by atoms with E-state index in [9.17, 15) is 23.9 Å². The summed E-state index contributed by atoms with van der Waals surface area (Å²) in [7, 11) is 0. The molecule has 0 aromatic heterocycles. The van der Waals surface area contributed by atoms with E-state index in [2.05, 4.69) is 0 Å². The van der Waals surface area contributed by atoms with Crippen LogP contribution in [0, 0.1) is 17.7 Å². The van der Waals surface area contributed by atoms with Gasteiger partial charge in [0.2, 0.25) is 0 Å². The molecule has 1 aromatic rings. The van der Waals surface area contributed by atoms with Crippen molar-refractivity contribution in [1.82, 2.24) is 4.90 Å². The lowest BCUT2D eigenvalue weighted by molar-refractivity contribution is -0.174. The zero-order chi connectivity index (χ0) is 20.1. The zero-order valence-electron chi connectivity index (χ0n) is 15.6. The number of carboxylic acid groups (broad SMARTS) is 1. The van der Waals surface area contributed by atoms with Crippen molar-refractivity contribution < 1.29 is 33.4 Å². The predicted molar refractivity (Wildman–Crippen MR) is 93.2 cm³/mol. The molecule has 1 aliphatic heterocycles. The molecule has 1 amide bonds. The van der Waals surface area contributed by atoms with E-state index in [1.54, 1.807) is 26.0 Å². The molecular formula is C19H24FNO6. The maximum atomic E-state index is 13.4. The molecule has 27 heavy (non-hydrogen) atoms. The van der Waals surface area contributed by atoms with Gasteiger partial charge in [-0.2, -0.15) is 0 Å². The maximum Gasteiger partial charge on any atom is 0.413 e. The van der Waals surface area contributed by atoms with Gasteiger partial charge in [0.1, 0.15) is 11.9 Å². The summed E-state index contributed by atoms with van der Waals surface area (Å²) < 4.78 is 23.6. The molecule has 1 aliphatic rings. The molecule has 1 heterocycles. The van der Waals surface area contributed by atoms with Gasteiger partial charge in [-0.1, -0.05) is 26.0 Å². The summed E-state index contributed by atoms with van der Waals surface area (Å²) in [6.45, 7) is 4.80. The highest BCUT2D eigenvalue weighted by molar-refractivity contribution is 5.81. The van der Waals surface area contributed by atoms with Crippen molar-refractivity contribution in [3.63, 3.8) is 0 Å². The molecular weight excluding hydrogens is 357 g/mol. The number of amides is 1. The highest BCUT2D eigenvalue weighted by atomic mass is 19.1. The molecule has 1 saturated heterocycles. The summed E-state index contributed by atoms with van der Waals surface area (Å²) in [5, 5.41) is 9.45. The molecule has 0 saturated carbocycles. The number of likely N-dealkylation sites (tertiary alicyclic amines) is 1. The van der Waals surface area contributed by atoms with E-state index in [0.717, 1.165) is 10.5 Å². The van der Waals surface area contributed by atoms with Crippen LogP contribution in [0.3, 0.4) is 0 Å². The lowest BCUT2D eigenvalue weighted by Gasteiger charge is -2.26. The van der Waals surface area contributed by atoms with Crippen LogP contribution < -0.4 is 0 Å². The van der Waals surface area contributed by atoms with Crippen molar-refractivity contribution in [3.05, 3.63) is 35.6 Å². The Morgan fingerprint density at radius 2 is 2.00 bits per heavy atom. The number of carboxylic acids is 1. The average molecular weight is 381 g/mol. The largest absolute Gasteiger partial charge is 0.480 e. The van der Waals surface area contributed by atoms with Gasteiger partial charge in [-0.25, -0.2) is 14.0 Å². The van der Waals surface area contributed by atoms with Gasteiger partial charge in [-0.3, -0.25) is 9.69 Å². The number of esters is 1. The number of nitrogens with zero attached hydrogens (tertiary/aromatic N) is 1. The number of hydrogen-bond donors (Lipinski definition) is 1. The van der Waals surface area contributed by atoms with Crippen LogP contribution in [-0.4, -0.2) is 46.9 Å². The van der Waals surface area contributed by atoms with Gasteiger partial charge < -0.3 is 14.6 Å². The van der Waals surface area contributed by atoms with Crippen molar-refractivity contribution >= 4 is 18.0 Å². The van der Waals surface area contributed by atoms with Crippen molar-refractivity contribution in [1.29, 1.82) is 0 Å². The Balaban J connectivity index is 2.08. The van der Waals surface area contributed by atoms with Crippen LogP contribution in [0.25, 0.3) is 0 Å². The summed E-state index contributed by atoms with van der Waals surface area (Å²) in [6, 6.07) is 5.04. The third-order valence-electron chi connectivity index (χ3n) is 4.36. The van der Waals surface area contributed by atoms with Crippen molar-refractivity contribution in [2.45, 2.75) is 45.9 Å². The molecule has 0 radical (unpaired) electrons. The first-order chi connectivity index (χ1) is 12.7. The van der Waals surface area contributed by atoms with Gasteiger partial charge in [0.05, 0.1) is 0 Å². The molecule has 1 aromatic carbocycles. The van der Waals surface area contributed by atoms with Crippen LogP contribution in [-0.2, 0) is 25.5 Å². The molecule has 148 valence electrons. The maximum absolute atomic E-state index is 13.4. The van der Waals surface area contributed by atoms with Gasteiger partial charge in [-0.05, 0) is 36.5 Å². The Bertz CT molecular complexity index is 707. The number of carbonyl (C=O) groups excluding carboxylic acids is 2. The molecule has 2 rings (SSSR count). The van der Waals surface area contributed by atoms with Gasteiger partial charge >= 0.3 is 18.0 Å². The molecule has 3 atom stereocenters. The van der Waals surface area contributed by atoms with Crippen LogP contribution in [0.1, 0.15) is 32.8 Å². The highest BCUT2D eigenvalue weighted by Gasteiger charge is 2.41. The fourth-order valence-corrected chi connectivity index (χ4v) is 3.13. The predicted octanol–water partition coefficient (Wildman–Crippen LogP) is 2.83. The normalized spacial score (nSPS) is 20.4. The first-order valence-corrected chi connectivity index (χ1v) is 8.79. The van der Waals surface area contributed by atoms with Gasteiger partial charge in [0, 0.05) is 19.4 Å². The Hall–Kier alpha value is -2.64. The number of hydrogen-bond acceptors (Lipinski definition) is 5. The van der Waals surface area contributed by atoms with Gasteiger partial charge in [-0.15, -0.1) is 0 Å². The topological polar surface area (TPSA) is 93.1 Å². The second-order valence-electron chi connectivity index (χ2n) is 7.05. The van der Waals surface area contributed by atoms with E-state index in [4.69, 9.17) is 9.47 Å². The molecule has 0 aliphatic carbocycles. The van der Waals surface area contributed by atoms with E-state index in [-0.39, 0.29) is 30.6 Å². The number of rotatable bonds is 6. The average Bonchev–Trinajstić information content (AvgIpc) is 2.98. The molecule has 1 fully saturated rings. The van der Waals surface area contributed by atoms with Gasteiger partial charge in [0.15, 0.2) is 0 Å². The molecule has 1 N–H and O–H groups in total. The van der Waals surface area contributed by atoms with Crippen molar-refractivity contribution in [2.24, 2.45) is 11.8 Å². The Morgan fingerprint density at radius 1 is 1.30 bits per heavy atom. The fourth-order valence-electron chi connectivity index (χ4n) is 3.13. The summed E-state index contributed by atoms with van der Waals surface area (Å²) in [5.74, 6) is -2.53. The van der Waals surface area contributed by atoms with Crippen molar-refractivity contribution in [3.8, 4) is 0 Å². The van der Waals surface area contributed by atoms with E-state index < -0.39 is 30.4 Å². The minimum Gasteiger partial charge on any atom is -0.480 e. The second-order valence-corrected chi connectivity index (χ2v) is 7.05.